The first-order valence-electron chi connectivity index (χ1n) is 8.29. The molecule has 0 spiro atoms. The van der Waals surface area contributed by atoms with Crippen molar-refractivity contribution in [1.82, 2.24) is 9.71 Å². The van der Waals surface area contributed by atoms with E-state index in [1.165, 1.54) is 53.9 Å². The summed E-state index contributed by atoms with van der Waals surface area (Å²) in [5.74, 6) is -0.347. The topological polar surface area (TPSA) is 138 Å². The molecule has 1 heterocycles. The van der Waals surface area contributed by atoms with Crippen LogP contribution >= 0.6 is 11.3 Å². The number of carbonyl (C=O) groups excluding carboxylic acids is 1. The van der Waals surface area contributed by atoms with E-state index < -0.39 is 16.1 Å². The molecule has 0 aliphatic carbocycles. The summed E-state index contributed by atoms with van der Waals surface area (Å²) in [5, 5.41) is 14.6. The molecule has 0 radical (unpaired) electrons. The Labute approximate surface area is 175 Å². The average molecular weight is 443 g/mol. The van der Waals surface area contributed by atoms with Crippen molar-refractivity contribution in [2.75, 3.05) is 5.32 Å². The Morgan fingerprint density at radius 2 is 1.83 bits per heavy atom. The molecule has 11 heteroatoms. The second kappa shape index (κ2) is 8.73. The van der Waals surface area contributed by atoms with Gasteiger partial charge in [0.1, 0.15) is 22.5 Å². The third-order valence-electron chi connectivity index (χ3n) is 3.78. The Hall–Kier alpha value is -3.75. The van der Waals surface area contributed by atoms with E-state index in [1.54, 1.807) is 22.2 Å². The number of thiazole rings is 1. The van der Waals surface area contributed by atoms with Gasteiger partial charge in [-0.2, -0.15) is 5.26 Å². The summed E-state index contributed by atoms with van der Waals surface area (Å²) in [4.78, 5) is 15.0. The lowest BCUT2D eigenvalue weighted by Crippen LogP contribution is -2.34. The molecule has 0 saturated carbocycles. The number of rotatable bonds is 6. The molecule has 152 valence electrons. The number of nitrogens with zero attached hydrogens (tertiary/aromatic N) is 2. The zero-order valence-corrected chi connectivity index (χ0v) is 16.8. The van der Waals surface area contributed by atoms with E-state index >= 15 is 0 Å². The van der Waals surface area contributed by atoms with Gasteiger partial charge in [0, 0.05) is 22.8 Å². The SMILES string of the molecule is N#C/C(=C\Nc1ccc(S(=O)(=O)NC(N)=O)cc1)c1nc(-c2ccc(F)cc2)cs1. The van der Waals surface area contributed by atoms with Crippen molar-refractivity contribution in [1.29, 1.82) is 5.26 Å². The fraction of sp³-hybridized carbons (Fsp3) is 0. The molecular weight excluding hydrogens is 429 g/mol. The minimum atomic E-state index is -4.03. The number of urea groups is 1. The molecule has 0 unspecified atom stereocenters. The van der Waals surface area contributed by atoms with Crippen LogP contribution in [0.4, 0.5) is 14.9 Å². The minimum Gasteiger partial charge on any atom is -0.360 e. The van der Waals surface area contributed by atoms with Gasteiger partial charge in [0.2, 0.25) is 0 Å². The predicted molar refractivity (Wildman–Crippen MR) is 111 cm³/mol. The molecule has 0 aliphatic rings. The number of benzene rings is 2. The van der Waals surface area contributed by atoms with Crippen LogP contribution in [-0.4, -0.2) is 19.4 Å². The first-order valence-corrected chi connectivity index (χ1v) is 10.7. The number of primary amides is 1. The molecule has 0 aliphatic heterocycles. The maximum absolute atomic E-state index is 13.1. The summed E-state index contributed by atoms with van der Waals surface area (Å²) in [7, 11) is -4.03. The van der Waals surface area contributed by atoms with E-state index in [4.69, 9.17) is 5.73 Å². The zero-order chi connectivity index (χ0) is 21.7. The second-order valence-corrected chi connectivity index (χ2v) is 8.39. The number of carbonyl (C=O) groups is 1. The number of nitrogens with two attached hydrogens (primary N) is 1. The maximum Gasteiger partial charge on any atom is 0.326 e. The average Bonchev–Trinajstić information content (AvgIpc) is 3.18. The predicted octanol–water partition coefficient (Wildman–Crippen LogP) is 3.28. The molecule has 3 rings (SSSR count). The van der Waals surface area contributed by atoms with Crippen LogP contribution < -0.4 is 15.8 Å². The summed E-state index contributed by atoms with van der Waals surface area (Å²) in [6.07, 6.45) is 1.44. The molecule has 4 N–H and O–H groups in total. The molecular formula is C19H14FN5O3S2. The quantitative estimate of drug-likeness (QED) is 0.500. The molecule has 3 aromatic rings. The lowest BCUT2D eigenvalue weighted by Gasteiger charge is -2.06. The summed E-state index contributed by atoms with van der Waals surface area (Å²) < 4.78 is 38.5. The number of hydrogen-bond acceptors (Lipinski definition) is 7. The molecule has 1 aromatic heterocycles. The zero-order valence-electron chi connectivity index (χ0n) is 15.2. The van der Waals surface area contributed by atoms with Gasteiger partial charge >= 0.3 is 6.03 Å². The highest BCUT2D eigenvalue weighted by molar-refractivity contribution is 7.90. The van der Waals surface area contributed by atoms with Crippen molar-refractivity contribution < 1.29 is 17.6 Å². The van der Waals surface area contributed by atoms with Gasteiger partial charge in [0.05, 0.1) is 10.6 Å². The lowest BCUT2D eigenvalue weighted by molar-refractivity contribution is 0.253. The van der Waals surface area contributed by atoms with Gasteiger partial charge in [0.15, 0.2) is 0 Å². The Morgan fingerprint density at radius 1 is 1.17 bits per heavy atom. The Bertz CT molecular complexity index is 1240. The van der Waals surface area contributed by atoms with Gasteiger partial charge in [-0.3, -0.25) is 0 Å². The molecule has 2 aromatic carbocycles. The Balaban J connectivity index is 1.76. The van der Waals surface area contributed by atoms with Crippen LogP contribution in [0.2, 0.25) is 0 Å². The number of nitriles is 1. The van der Waals surface area contributed by atoms with Crippen molar-refractivity contribution in [2.24, 2.45) is 5.73 Å². The highest BCUT2D eigenvalue weighted by Gasteiger charge is 2.15. The van der Waals surface area contributed by atoms with E-state index in [1.807, 2.05) is 6.07 Å². The van der Waals surface area contributed by atoms with Crippen LogP contribution in [0, 0.1) is 17.1 Å². The first-order chi connectivity index (χ1) is 14.3. The van der Waals surface area contributed by atoms with E-state index in [0.717, 1.165) is 5.56 Å². The summed E-state index contributed by atoms with van der Waals surface area (Å²) in [6, 6.07) is 12.2. The molecule has 8 nitrogen and oxygen atoms in total. The normalized spacial score (nSPS) is 11.5. The van der Waals surface area contributed by atoms with Crippen LogP contribution in [0.1, 0.15) is 5.01 Å². The fourth-order valence-electron chi connectivity index (χ4n) is 2.37. The number of anilines is 1. The second-order valence-electron chi connectivity index (χ2n) is 5.85. The summed E-state index contributed by atoms with van der Waals surface area (Å²) in [5.41, 5.74) is 6.96. The van der Waals surface area contributed by atoms with Gasteiger partial charge < -0.3 is 11.1 Å². The number of halogens is 1. The van der Waals surface area contributed by atoms with Gasteiger partial charge in [-0.05, 0) is 48.5 Å². The molecule has 30 heavy (non-hydrogen) atoms. The van der Waals surface area contributed by atoms with Crippen molar-refractivity contribution >= 4 is 38.7 Å². The standard InChI is InChI=1S/C19H14FN5O3S2/c20-14-3-1-12(2-4-14)17-11-29-18(24-17)13(9-21)10-23-15-5-7-16(8-6-15)30(27,28)25-19(22)26/h1-8,10-11,23H,(H3,22,25,26)/b13-10+. The minimum absolute atomic E-state index is 0.139. The lowest BCUT2D eigenvalue weighted by atomic mass is 10.2. The van der Waals surface area contributed by atoms with Gasteiger partial charge in [-0.1, -0.05) is 0 Å². The molecule has 0 bridgehead atoms. The van der Waals surface area contributed by atoms with Crippen LogP contribution in [-0.2, 0) is 10.0 Å². The Kier molecular flexibility index (Phi) is 6.10. The number of aromatic nitrogens is 1. The highest BCUT2D eigenvalue weighted by Crippen LogP contribution is 2.26. The molecule has 0 atom stereocenters. The summed E-state index contributed by atoms with van der Waals surface area (Å²) >= 11 is 1.26. The third-order valence-corrected chi connectivity index (χ3v) is 6.02. The number of allylic oxidation sites excluding steroid dienone is 1. The van der Waals surface area contributed by atoms with Crippen molar-refractivity contribution in [3.63, 3.8) is 0 Å². The number of sulfonamides is 1. The fourth-order valence-corrected chi connectivity index (χ4v) is 4.04. The van der Waals surface area contributed by atoms with Gasteiger partial charge in [-0.15, -0.1) is 11.3 Å². The maximum atomic E-state index is 13.1. The molecule has 0 fully saturated rings. The monoisotopic (exact) mass is 443 g/mol. The number of amides is 2. The summed E-state index contributed by atoms with van der Waals surface area (Å²) in [6.45, 7) is 0. The third kappa shape index (κ3) is 4.99. The van der Waals surface area contributed by atoms with Crippen LogP contribution in [0.25, 0.3) is 16.8 Å². The smallest absolute Gasteiger partial charge is 0.326 e. The molecule has 0 saturated heterocycles. The van der Waals surface area contributed by atoms with E-state index in [0.29, 0.717) is 16.4 Å². The van der Waals surface area contributed by atoms with Crippen molar-refractivity contribution in [3.8, 4) is 17.3 Å². The number of nitrogens with one attached hydrogen (secondary N) is 2. The van der Waals surface area contributed by atoms with Crippen LogP contribution in [0.3, 0.4) is 0 Å². The Morgan fingerprint density at radius 3 is 2.43 bits per heavy atom. The van der Waals surface area contributed by atoms with E-state index in [-0.39, 0.29) is 16.3 Å². The number of hydrogen-bond donors (Lipinski definition) is 3. The molecule has 2 amide bonds. The van der Waals surface area contributed by atoms with Gasteiger partial charge in [0.25, 0.3) is 10.0 Å². The van der Waals surface area contributed by atoms with Gasteiger partial charge in [-0.25, -0.2) is 27.3 Å². The van der Waals surface area contributed by atoms with E-state index in [9.17, 15) is 22.9 Å². The van der Waals surface area contributed by atoms with Crippen LogP contribution in [0.5, 0.6) is 0 Å². The van der Waals surface area contributed by atoms with Crippen molar-refractivity contribution in [2.45, 2.75) is 4.90 Å². The van der Waals surface area contributed by atoms with Crippen LogP contribution in [0.15, 0.2) is 65.0 Å². The van der Waals surface area contributed by atoms with Crippen molar-refractivity contribution in [3.05, 3.63) is 70.9 Å². The first kappa shape index (κ1) is 21.0. The highest BCUT2D eigenvalue weighted by atomic mass is 32.2. The van der Waals surface area contributed by atoms with E-state index in [2.05, 4.69) is 10.3 Å². The largest absolute Gasteiger partial charge is 0.360 e.